The zero-order valence-electron chi connectivity index (χ0n) is 21.1. The minimum atomic E-state index is -1.04. The highest BCUT2D eigenvalue weighted by Gasteiger charge is 2.39. The van der Waals surface area contributed by atoms with Crippen molar-refractivity contribution in [1.29, 1.82) is 0 Å². The summed E-state index contributed by atoms with van der Waals surface area (Å²) in [6.45, 7) is 13.6. The summed E-state index contributed by atoms with van der Waals surface area (Å²) in [6, 6.07) is -0.223. The van der Waals surface area contributed by atoms with Gasteiger partial charge in [0.2, 0.25) is 5.91 Å². The van der Waals surface area contributed by atoms with E-state index in [0.717, 1.165) is 34.7 Å². The number of nitrogens with one attached hydrogen (secondary N) is 1. The largest absolute Gasteiger partial charge is 0.392 e. The van der Waals surface area contributed by atoms with Crippen LogP contribution in [0.3, 0.4) is 0 Å². The van der Waals surface area contributed by atoms with Crippen molar-refractivity contribution in [2.75, 3.05) is 0 Å². The van der Waals surface area contributed by atoms with Crippen LogP contribution in [0, 0.1) is 24.2 Å². The Morgan fingerprint density at radius 1 is 1.24 bits per heavy atom. The molecular weight excluding hydrogens is 432 g/mol. The van der Waals surface area contributed by atoms with E-state index in [9.17, 15) is 14.7 Å². The number of aryl methyl sites for hydroxylation is 1. The molecule has 6 heteroatoms. The van der Waals surface area contributed by atoms with Gasteiger partial charge in [0.25, 0.3) is 0 Å². The molecule has 0 aromatic carbocycles. The van der Waals surface area contributed by atoms with Gasteiger partial charge in [-0.2, -0.15) is 0 Å². The highest BCUT2D eigenvalue weighted by Crippen LogP contribution is 2.31. The number of carbonyl (C=O) groups excluding carboxylic acids is 2. The van der Waals surface area contributed by atoms with Gasteiger partial charge in [-0.15, -0.1) is 11.3 Å². The molecule has 33 heavy (non-hydrogen) atoms. The second-order valence-corrected chi connectivity index (χ2v) is 11.2. The van der Waals surface area contributed by atoms with Crippen molar-refractivity contribution in [3.8, 4) is 0 Å². The number of ketones is 1. The Morgan fingerprint density at radius 2 is 1.94 bits per heavy atom. The Morgan fingerprint density at radius 3 is 2.58 bits per heavy atom. The molecule has 2 rings (SSSR count). The van der Waals surface area contributed by atoms with Crippen molar-refractivity contribution in [1.82, 2.24) is 10.3 Å². The Kier molecular flexibility index (Phi) is 9.80. The van der Waals surface area contributed by atoms with Crippen LogP contribution in [0.15, 0.2) is 34.8 Å². The summed E-state index contributed by atoms with van der Waals surface area (Å²) in [4.78, 5) is 30.5. The molecule has 1 aromatic rings. The van der Waals surface area contributed by atoms with Crippen molar-refractivity contribution in [3.05, 3.63) is 45.5 Å². The molecule has 2 N–H and O–H groups in total. The maximum Gasteiger partial charge on any atom is 0.223 e. The molecule has 0 saturated carbocycles. The van der Waals surface area contributed by atoms with E-state index >= 15 is 0 Å². The number of hydrogen-bond donors (Lipinski definition) is 2. The van der Waals surface area contributed by atoms with Crippen LogP contribution in [-0.4, -0.2) is 33.9 Å². The van der Waals surface area contributed by atoms with Crippen LogP contribution in [0.5, 0.6) is 0 Å². The molecule has 0 spiro atoms. The topological polar surface area (TPSA) is 79.3 Å². The second kappa shape index (κ2) is 11.9. The third-order valence-electron chi connectivity index (χ3n) is 6.54. The molecule has 1 aliphatic rings. The number of carbonyl (C=O) groups is 2. The predicted molar refractivity (Wildman–Crippen MR) is 137 cm³/mol. The van der Waals surface area contributed by atoms with Crippen LogP contribution >= 0.6 is 11.3 Å². The molecule has 1 aromatic heterocycles. The van der Waals surface area contributed by atoms with Gasteiger partial charge in [-0.3, -0.25) is 9.59 Å². The molecule has 0 bridgehead atoms. The molecule has 1 amide bonds. The fourth-order valence-corrected chi connectivity index (χ4v) is 4.86. The third kappa shape index (κ3) is 8.04. The first-order valence-electron chi connectivity index (χ1n) is 11.9. The Balaban J connectivity index is 2.34. The molecule has 0 radical (unpaired) electrons. The smallest absolute Gasteiger partial charge is 0.223 e. The Bertz CT molecular complexity index is 926. The number of Topliss-reactive ketones (excluding diaryl/α,β-unsaturated/α-hetero) is 1. The molecule has 1 aliphatic heterocycles. The van der Waals surface area contributed by atoms with Gasteiger partial charge in [0, 0.05) is 11.3 Å². The number of aliphatic hydroxyl groups excluding tert-OH is 1. The van der Waals surface area contributed by atoms with Gasteiger partial charge < -0.3 is 10.4 Å². The lowest BCUT2D eigenvalue weighted by Crippen LogP contribution is -2.45. The zero-order chi connectivity index (χ0) is 24.8. The van der Waals surface area contributed by atoms with Gasteiger partial charge in [-0.05, 0) is 57.6 Å². The lowest BCUT2D eigenvalue weighted by molar-refractivity contribution is -0.139. The molecule has 0 fully saturated rings. The summed E-state index contributed by atoms with van der Waals surface area (Å²) in [5.41, 5.74) is 2.02. The Hall–Kier alpha value is -2.05. The highest BCUT2D eigenvalue weighted by atomic mass is 32.1. The minimum absolute atomic E-state index is 0.00771. The zero-order valence-corrected chi connectivity index (χ0v) is 22.0. The average molecular weight is 473 g/mol. The lowest BCUT2D eigenvalue weighted by Gasteiger charge is -2.32. The fourth-order valence-electron chi connectivity index (χ4n) is 4.29. The molecule has 182 valence electrons. The van der Waals surface area contributed by atoms with Crippen molar-refractivity contribution < 1.29 is 14.7 Å². The molecule has 0 saturated heterocycles. The van der Waals surface area contributed by atoms with E-state index < -0.39 is 11.5 Å². The molecule has 2 heterocycles. The molecule has 5 nitrogen and oxygen atoms in total. The number of amides is 1. The summed E-state index contributed by atoms with van der Waals surface area (Å²) in [6.07, 6.45) is 9.55. The van der Waals surface area contributed by atoms with Crippen LogP contribution < -0.4 is 5.32 Å². The second-order valence-electron chi connectivity index (χ2n) is 10.2. The maximum atomic E-state index is 13.1. The first kappa shape index (κ1) is 27.2. The molecule has 0 aliphatic carbocycles. The van der Waals surface area contributed by atoms with Crippen molar-refractivity contribution in [3.63, 3.8) is 0 Å². The fraction of sp³-hybridized carbons (Fsp3) is 0.593. The number of allylic oxidation sites excluding steroid dienone is 3. The van der Waals surface area contributed by atoms with E-state index in [1.165, 1.54) is 0 Å². The number of rotatable bonds is 2. The van der Waals surface area contributed by atoms with E-state index in [4.69, 9.17) is 0 Å². The van der Waals surface area contributed by atoms with Gasteiger partial charge in [0.15, 0.2) is 0 Å². The SMILES string of the molecule is CC1=C/CC(/C(C)=C/c2csc(C)n2)NC(=O)C[C@H](O)C(C)(C)C(=O)[C@H](C)C[C@@H](C)C\C=C\1. The maximum absolute atomic E-state index is 13.1. The summed E-state index contributed by atoms with van der Waals surface area (Å²) in [7, 11) is 0. The van der Waals surface area contributed by atoms with E-state index in [0.29, 0.717) is 12.3 Å². The van der Waals surface area contributed by atoms with Gasteiger partial charge in [0.05, 0.1) is 34.7 Å². The summed E-state index contributed by atoms with van der Waals surface area (Å²) >= 11 is 1.59. The van der Waals surface area contributed by atoms with Gasteiger partial charge in [-0.25, -0.2) is 4.98 Å². The van der Waals surface area contributed by atoms with Crippen LogP contribution in [0.4, 0.5) is 0 Å². The van der Waals surface area contributed by atoms with Crippen LogP contribution in [0.1, 0.15) is 77.9 Å². The molecule has 1 unspecified atom stereocenters. The predicted octanol–water partition coefficient (Wildman–Crippen LogP) is 5.64. The summed E-state index contributed by atoms with van der Waals surface area (Å²) in [5.74, 6) is -0.0691. The first-order chi connectivity index (χ1) is 15.4. The average Bonchev–Trinajstić information content (AvgIpc) is 3.13. The van der Waals surface area contributed by atoms with E-state index in [2.05, 4.69) is 42.4 Å². The Labute approximate surface area is 203 Å². The first-order valence-corrected chi connectivity index (χ1v) is 12.7. The summed E-state index contributed by atoms with van der Waals surface area (Å²) in [5, 5.41) is 16.9. The lowest BCUT2D eigenvalue weighted by atomic mass is 9.74. The number of aliphatic hydroxyl groups is 1. The summed E-state index contributed by atoms with van der Waals surface area (Å²) < 4.78 is 0. The third-order valence-corrected chi connectivity index (χ3v) is 7.33. The van der Waals surface area contributed by atoms with Crippen LogP contribution in [0.25, 0.3) is 6.08 Å². The minimum Gasteiger partial charge on any atom is -0.392 e. The van der Waals surface area contributed by atoms with Crippen molar-refractivity contribution >= 4 is 29.1 Å². The number of aromatic nitrogens is 1. The number of nitrogens with zero attached hydrogens (tertiary/aromatic N) is 1. The van der Waals surface area contributed by atoms with Gasteiger partial charge in [0.1, 0.15) is 5.78 Å². The van der Waals surface area contributed by atoms with Gasteiger partial charge >= 0.3 is 0 Å². The van der Waals surface area contributed by atoms with E-state index in [1.54, 1.807) is 25.2 Å². The number of hydrogen-bond acceptors (Lipinski definition) is 5. The number of thiazole rings is 1. The monoisotopic (exact) mass is 472 g/mol. The normalized spacial score (nSPS) is 30.9. The van der Waals surface area contributed by atoms with Crippen molar-refractivity contribution in [2.24, 2.45) is 17.3 Å². The van der Waals surface area contributed by atoms with Gasteiger partial charge in [-0.1, -0.05) is 51.5 Å². The van der Waals surface area contributed by atoms with Crippen LogP contribution in [-0.2, 0) is 9.59 Å². The van der Waals surface area contributed by atoms with Crippen LogP contribution in [0.2, 0.25) is 0 Å². The molecule has 4 atom stereocenters. The quantitative estimate of drug-likeness (QED) is 0.583. The molecular formula is C27H40N2O3S. The standard InChI is InChI=1S/C27H40N2O3S/c1-17-9-8-10-18(2)13-20(4)26(32)27(6,7)24(30)15-25(31)29-23(12-11-17)19(3)14-22-16-33-21(5)28-22/h8-9,11,14,16,18,20,23-24,30H,10,12-13,15H2,1-7H3,(H,29,31)/b9-8+,17-11-,19-14+/t18-,20+,23?,24-/m0/s1. The van der Waals surface area contributed by atoms with E-state index in [1.807, 2.05) is 32.2 Å². The van der Waals surface area contributed by atoms with Crippen molar-refractivity contribution in [2.45, 2.75) is 86.3 Å². The highest BCUT2D eigenvalue weighted by molar-refractivity contribution is 7.09. The van der Waals surface area contributed by atoms with E-state index in [-0.39, 0.29) is 30.1 Å².